The average Bonchev–Trinajstić information content (AvgIpc) is 3.18. The first-order valence-electron chi connectivity index (χ1n) is 13.8. The number of nitrogens with one attached hydrogen (secondary N) is 3. The van der Waals surface area contributed by atoms with Gasteiger partial charge in [-0.25, -0.2) is 13.1 Å². The highest BCUT2D eigenvalue weighted by Gasteiger charge is 2.69. The number of hydrogen-bond donors (Lipinski definition) is 3. The molecule has 0 bridgehead atoms. The topological polar surface area (TPSA) is 152 Å². The minimum Gasteiger partial charge on any atom is -0.338 e. The van der Waals surface area contributed by atoms with E-state index in [-0.39, 0.29) is 35.8 Å². The van der Waals surface area contributed by atoms with Crippen LogP contribution in [0, 0.1) is 40.9 Å². The predicted octanol–water partition coefficient (Wildman–Crippen LogP) is 2.77. The van der Waals surface area contributed by atoms with Gasteiger partial charge in [-0.1, -0.05) is 46.2 Å². The van der Waals surface area contributed by atoms with Crippen LogP contribution < -0.4 is 15.6 Å². The fourth-order valence-electron chi connectivity index (χ4n) is 6.14. The third-order valence-corrected chi connectivity index (χ3v) is 9.80. The van der Waals surface area contributed by atoms with E-state index in [4.69, 9.17) is 0 Å². The van der Waals surface area contributed by atoms with Crippen molar-refractivity contribution < 1.29 is 31.2 Å². The number of carbonyl (C=O) groups excluding carboxylic acids is 2. The van der Waals surface area contributed by atoms with Crippen molar-refractivity contribution in [3.05, 3.63) is 45.7 Å². The quantitative estimate of drug-likeness (QED) is 0.411. The van der Waals surface area contributed by atoms with Crippen molar-refractivity contribution in [2.75, 3.05) is 12.3 Å². The summed E-state index contributed by atoms with van der Waals surface area (Å²) in [5.41, 5.74) is -0.00647. The van der Waals surface area contributed by atoms with E-state index in [0.29, 0.717) is 5.52 Å². The number of likely N-dealkylation sites (tertiary alicyclic amines) is 1. The summed E-state index contributed by atoms with van der Waals surface area (Å²) in [4.78, 5) is 44.2. The van der Waals surface area contributed by atoms with Gasteiger partial charge in [0.25, 0.3) is 5.56 Å². The molecule has 4 rings (SSSR count). The van der Waals surface area contributed by atoms with Crippen LogP contribution in [0.3, 0.4) is 0 Å². The van der Waals surface area contributed by atoms with Crippen molar-refractivity contribution in [2.24, 2.45) is 22.7 Å². The number of aromatic amines is 1. The molecule has 0 spiro atoms. The van der Waals surface area contributed by atoms with E-state index in [1.54, 1.807) is 12.1 Å². The lowest BCUT2D eigenvalue weighted by Gasteiger charge is -2.37. The molecule has 1 aromatic heterocycles. The van der Waals surface area contributed by atoms with Gasteiger partial charge in [-0.15, -0.1) is 0 Å². The van der Waals surface area contributed by atoms with Crippen LogP contribution in [0.15, 0.2) is 29.1 Å². The van der Waals surface area contributed by atoms with E-state index in [2.05, 4.69) is 10.3 Å². The zero-order chi connectivity index (χ0) is 32.3. The van der Waals surface area contributed by atoms with Crippen LogP contribution in [-0.2, 0) is 26.0 Å². The summed E-state index contributed by atoms with van der Waals surface area (Å²) in [6.45, 7) is 10.4. The van der Waals surface area contributed by atoms with Crippen molar-refractivity contribution in [1.82, 2.24) is 19.9 Å². The van der Waals surface area contributed by atoms with Crippen molar-refractivity contribution in [2.45, 2.75) is 72.3 Å². The molecule has 5 atom stereocenters. The molecular weight excluding hydrogens is 587 g/mol. The summed E-state index contributed by atoms with van der Waals surface area (Å²) in [6.07, 6.45) is -5.13. The van der Waals surface area contributed by atoms with E-state index >= 15 is 0 Å². The number of carbonyl (C=O) groups is 2. The predicted molar refractivity (Wildman–Crippen MR) is 153 cm³/mol. The minimum absolute atomic E-state index is 0.100. The molecule has 43 heavy (non-hydrogen) atoms. The number of rotatable bonds is 8. The lowest BCUT2D eigenvalue weighted by Crippen LogP contribution is -2.60. The molecular formula is C29H36F3N5O5S. The van der Waals surface area contributed by atoms with Gasteiger partial charge in [0.2, 0.25) is 21.8 Å². The number of aromatic nitrogens is 1. The van der Waals surface area contributed by atoms with E-state index in [0.717, 1.165) is 10.9 Å². The van der Waals surface area contributed by atoms with E-state index in [1.165, 1.54) is 25.7 Å². The largest absolute Gasteiger partial charge is 0.404 e. The minimum atomic E-state index is -5.02. The molecule has 2 heterocycles. The third-order valence-electron chi connectivity index (χ3n) is 8.50. The molecule has 1 unspecified atom stereocenters. The Labute approximate surface area is 248 Å². The van der Waals surface area contributed by atoms with Crippen LogP contribution in [0.5, 0.6) is 0 Å². The van der Waals surface area contributed by atoms with Gasteiger partial charge in [0.05, 0.1) is 6.07 Å². The summed E-state index contributed by atoms with van der Waals surface area (Å²) in [6, 6.07) is 5.36. The summed E-state index contributed by atoms with van der Waals surface area (Å²) >= 11 is 0. The Morgan fingerprint density at radius 3 is 2.44 bits per heavy atom. The van der Waals surface area contributed by atoms with Crippen molar-refractivity contribution in [3.8, 4) is 6.07 Å². The molecule has 2 aliphatic rings. The molecule has 234 valence electrons. The first kappa shape index (κ1) is 32.5. The van der Waals surface area contributed by atoms with Gasteiger partial charge in [0.1, 0.15) is 18.1 Å². The van der Waals surface area contributed by atoms with Crippen molar-refractivity contribution in [1.29, 1.82) is 5.26 Å². The number of halogens is 3. The second kappa shape index (κ2) is 10.9. The second-order valence-corrected chi connectivity index (χ2v) is 15.0. The molecule has 2 aromatic rings. The number of nitrogens with zero attached hydrogens (tertiary/aromatic N) is 2. The number of piperidine rings is 1. The van der Waals surface area contributed by atoms with E-state index in [1.807, 2.05) is 43.7 Å². The van der Waals surface area contributed by atoms with E-state index < -0.39 is 62.9 Å². The van der Waals surface area contributed by atoms with Crippen LogP contribution in [0.25, 0.3) is 10.9 Å². The van der Waals surface area contributed by atoms with Crippen LogP contribution in [0.2, 0.25) is 0 Å². The third kappa shape index (κ3) is 6.88. The Hall–Kier alpha value is -3.44. The molecule has 1 saturated carbocycles. The van der Waals surface area contributed by atoms with Crippen LogP contribution in [0.1, 0.15) is 45.7 Å². The fourth-order valence-corrected chi connectivity index (χ4v) is 7.47. The maximum Gasteiger partial charge on any atom is 0.404 e. The standard InChI is InChI=1S/C29H36F3N5O5S/c1-15-7-8-20-16(9-15)10-17(24(38)35-20)11-18(12-33)34-25(39)22-21-19(28(21,5)6)13-37(22)26(40)23(27(2,3)4)36-43(41,42)14-29(30,31)32/h7-10,18-19,21-23,36H,11,13-14H2,1-6H3,(H,34,39)(H,35,38)/t18?,19-,21+,22-,23+/m0/s1. The monoisotopic (exact) mass is 623 g/mol. The fraction of sp³-hybridized carbons (Fsp3) is 0.586. The first-order chi connectivity index (χ1) is 19.6. The summed E-state index contributed by atoms with van der Waals surface area (Å²) in [5.74, 6) is -4.05. The average molecular weight is 624 g/mol. The van der Waals surface area contributed by atoms with Gasteiger partial charge in [0.15, 0.2) is 5.75 Å². The second-order valence-electron chi connectivity index (χ2n) is 13.3. The van der Waals surface area contributed by atoms with Crippen molar-refractivity contribution in [3.63, 3.8) is 0 Å². The van der Waals surface area contributed by atoms with Crippen LogP contribution >= 0.6 is 0 Å². The van der Waals surface area contributed by atoms with Gasteiger partial charge >= 0.3 is 6.18 Å². The Kier molecular flexibility index (Phi) is 8.25. The van der Waals surface area contributed by atoms with Gasteiger partial charge < -0.3 is 15.2 Å². The number of hydrogen-bond acceptors (Lipinski definition) is 6. The summed E-state index contributed by atoms with van der Waals surface area (Å²) in [7, 11) is -4.94. The highest BCUT2D eigenvalue weighted by Crippen LogP contribution is 2.65. The smallest absolute Gasteiger partial charge is 0.338 e. The first-order valence-corrected chi connectivity index (χ1v) is 15.5. The van der Waals surface area contributed by atoms with Crippen LogP contribution in [-0.4, -0.2) is 66.7 Å². The normalized spacial score (nSPS) is 22.9. The van der Waals surface area contributed by atoms with Gasteiger partial charge in [-0.3, -0.25) is 14.4 Å². The lowest BCUT2D eigenvalue weighted by molar-refractivity contribution is -0.143. The number of nitriles is 1. The van der Waals surface area contributed by atoms with Gasteiger partial charge in [0, 0.05) is 24.0 Å². The van der Waals surface area contributed by atoms with Gasteiger partial charge in [-0.2, -0.15) is 18.4 Å². The maximum atomic E-state index is 13.8. The molecule has 3 N–H and O–H groups in total. The molecule has 0 radical (unpaired) electrons. The SMILES string of the molecule is Cc1ccc2[nH]c(=O)c(CC(C#N)NC(=O)[C@@H]3[C@H]4[C@H](CN3C(=O)[C@@H](NS(=O)(=O)CC(F)(F)F)C(C)(C)C)C4(C)C)cc2c1. The summed E-state index contributed by atoms with van der Waals surface area (Å²) in [5, 5.41) is 13.3. The maximum absolute atomic E-state index is 13.8. The molecule has 1 aliphatic carbocycles. The molecule has 2 amide bonds. The lowest BCUT2D eigenvalue weighted by atomic mass is 9.86. The molecule has 1 aliphatic heterocycles. The van der Waals surface area contributed by atoms with Crippen LogP contribution in [0.4, 0.5) is 13.2 Å². The molecule has 14 heteroatoms. The Morgan fingerprint density at radius 1 is 1.21 bits per heavy atom. The number of pyridine rings is 1. The number of aryl methyl sites for hydroxylation is 1. The number of amides is 2. The highest BCUT2D eigenvalue weighted by atomic mass is 32.2. The number of fused-ring (bicyclic) bond motifs is 2. The summed E-state index contributed by atoms with van der Waals surface area (Å²) < 4.78 is 65.4. The number of alkyl halides is 3. The molecule has 1 aromatic carbocycles. The molecule has 2 fully saturated rings. The van der Waals surface area contributed by atoms with Gasteiger partial charge in [-0.05, 0) is 53.2 Å². The Morgan fingerprint density at radius 2 is 1.86 bits per heavy atom. The number of H-pyrrole nitrogens is 1. The zero-order valence-corrected chi connectivity index (χ0v) is 25.6. The molecule has 10 nitrogen and oxygen atoms in total. The zero-order valence-electron chi connectivity index (χ0n) is 24.8. The molecule has 1 saturated heterocycles. The van der Waals surface area contributed by atoms with E-state index in [9.17, 15) is 41.2 Å². The highest BCUT2D eigenvalue weighted by molar-refractivity contribution is 7.89. The Balaban J connectivity index is 1.58. The number of benzene rings is 1. The van der Waals surface area contributed by atoms with Crippen molar-refractivity contribution >= 4 is 32.7 Å². The number of sulfonamides is 1. The Bertz CT molecular complexity index is 1660.